The molecule has 1 unspecified atom stereocenters. The van der Waals surface area contributed by atoms with Gasteiger partial charge in [0, 0.05) is 5.02 Å². The summed E-state index contributed by atoms with van der Waals surface area (Å²) in [7, 11) is 4.08. The summed E-state index contributed by atoms with van der Waals surface area (Å²) in [6, 6.07) is 27.5. The Balaban J connectivity index is 1.89. The van der Waals surface area contributed by atoms with Crippen LogP contribution in [0.5, 0.6) is 0 Å². The Morgan fingerprint density at radius 2 is 1.34 bits per heavy atom. The Morgan fingerprint density at radius 3 is 1.83 bits per heavy atom. The van der Waals surface area contributed by atoms with E-state index in [1.807, 2.05) is 99.0 Å². The van der Waals surface area contributed by atoms with E-state index < -0.39 is 0 Å². The normalized spacial score (nSPS) is 12.2. The zero-order valence-electron chi connectivity index (χ0n) is 16.9. The minimum absolute atomic E-state index is 0.00102. The second-order valence-corrected chi connectivity index (χ2v) is 7.90. The molecule has 4 heteroatoms. The fourth-order valence-electron chi connectivity index (χ4n) is 3.45. The molecule has 0 aliphatic rings. The molecule has 0 aliphatic carbocycles. The number of nitrogens with one attached hydrogen (secondary N) is 1. The predicted molar refractivity (Wildman–Crippen MR) is 120 cm³/mol. The molecule has 0 bridgehead atoms. The van der Waals surface area contributed by atoms with Crippen LogP contribution >= 0.6 is 11.6 Å². The fraction of sp³-hybridized carbons (Fsp3) is 0.240. The topological polar surface area (TPSA) is 32.3 Å². The Kier molecular flexibility index (Phi) is 7.45. The summed E-state index contributed by atoms with van der Waals surface area (Å²) < 4.78 is 0. The van der Waals surface area contributed by atoms with Crippen molar-refractivity contribution in [3.63, 3.8) is 0 Å². The van der Waals surface area contributed by atoms with Gasteiger partial charge in [-0.2, -0.15) is 0 Å². The molecule has 1 amide bonds. The highest BCUT2D eigenvalue weighted by Gasteiger charge is 2.25. The lowest BCUT2D eigenvalue weighted by molar-refractivity contribution is -0.122. The Bertz CT molecular complexity index is 856. The smallest absolute Gasteiger partial charge is 0.232 e. The van der Waals surface area contributed by atoms with Crippen molar-refractivity contribution >= 4 is 17.5 Å². The van der Waals surface area contributed by atoms with Crippen molar-refractivity contribution in [1.29, 1.82) is 0 Å². The first-order valence-corrected chi connectivity index (χ1v) is 10.2. The number of hydrogen-bond acceptors (Lipinski definition) is 2. The van der Waals surface area contributed by atoms with Crippen LogP contribution < -0.4 is 5.32 Å². The minimum atomic E-state index is -0.355. The van der Waals surface area contributed by atoms with Crippen molar-refractivity contribution < 1.29 is 4.79 Å². The Hall–Kier alpha value is -2.62. The molecule has 0 fully saturated rings. The average molecular weight is 407 g/mol. The zero-order valence-corrected chi connectivity index (χ0v) is 17.6. The van der Waals surface area contributed by atoms with Crippen molar-refractivity contribution in [2.75, 3.05) is 20.6 Å². The van der Waals surface area contributed by atoms with Gasteiger partial charge in [-0.25, -0.2) is 0 Å². The number of amides is 1. The third kappa shape index (κ3) is 5.93. The average Bonchev–Trinajstić information content (AvgIpc) is 2.73. The van der Waals surface area contributed by atoms with Crippen molar-refractivity contribution in [1.82, 2.24) is 10.2 Å². The van der Waals surface area contributed by atoms with E-state index in [4.69, 9.17) is 11.6 Å². The molecule has 3 rings (SSSR count). The molecule has 3 nitrogen and oxygen atoms in total. The zero-order chi connectivity index (χ0) is 20.6. The summed E-state index contributed by atoms with van der Waals surface area (Å²) in [5.74, 6) is -0.354. The van der Waals surface area contributed by atoms with Gasteiger partial charge in [-0.3, -0.25) is 4.79 Å². The maximum Gasteiger partial charge on any atom is 0.232 e. The SMILES string of the molecule is CN(C)CCC(NC(=O)C(c1ccccc1)c1ccccc1)c1ccc(Cl)cc1. The van der Waals surface area contributed by atoms with E-state index in [0.29, 0.717) is 5.02 Å². The van der Waals surface area contributed by atoms with Crippen molar-refractivity contribution in [2.24, 2.45) is 0 Å². The molecule has 3 aromatic rings. The van der Waals surface area contributed by atoms with E-state index >= 15 is 0 Å². The van der Waals surface area contributed by atoms with Gasteiger partial charge in [0.1, 0.15) is 0 Å². The van der Waals surface area contributed by atoms with Gasteiger partial charge in [-0.1, -0.05) is 84.4 Å². The van der Waals surface area contributed by atoms with Gasteiger partial charge in [-0.15, -0.1) is 0 Å². The van der Waals surface area contributed by atoms with E-state index in [1.165, 1.54) is 0 Å². The number of rotatable bonds is 8. The van der Waals surface area contributed by atoms with Gasteiger partial charge < -0.3 is 10.2 Å². The molecule has 0 saturated heterocycles. The van der Waals surface area contributed by atoms with Crippen LogP contribution in [0.25, 0.3) is 0 Å². The highest BCUT2D eigenvalue weighted by atomic mass is 35.5. The lowest BCUT2D eigenvalue weighted by Crippen LogP contribution is -2.35. The van der Waals surface area contributed by atoms with Crippen LogP contribution in [0.15, 0.2) is 84.9 Å². The van der Waals surface area contributed by atoms with Gasteiger partial charge in [-0.05, 0) is 55.9 Å². The van der Waals surface area contributed by atoms with Gasteiger partial charge in [0.15, 0.2) is 0 Å². The van der Waals surface area contributed by atoms with E-state index in [2.05, 4.69) is 10.2 Å². The van der Waals surface area contributed by atoms with E-state index in [9.17, 15) is 4.79 Å². The van der Waals surface area contributed by atoms with Gasteiger partial charge in [0.05, 0.1) is 12.0 Å². The molecule has 0 aliphatic heterocycles. The Morgan fingerprint density at radius 1 is 0.828 bits per heavy atom. The lowest BCUT2D eigenvalue weighted by atomic mass is 9.90. The third-order valence-corrected chi connectivity index (χ3v) is 5.23. The Labute approximate surface area is 178 Å². The first kappa shape index (κ1) is 21.1. The van der Waals surface area contributed by atoms with Crippen molar-refractivity contribution in [3.05, 3.63) is 107 Å². The molecule has 0 radical (unpaired) electrons. The van der Waals surface area contributed by atoms with Crippen LogP contribution in [0, 0.1) is 0 Å². The molecule has 0 saturated carbocycles. The van der Waals surface area contributed by atoms with Crippen molar-refractivity contribution in [2.45, 2.75) is 18.4 Å². The molecular formula is C25H27ClN2O. The minimum Gasteiger partial charge on any atom is -0.348 e. The fourth-order valence-corrected chi connectivity index (χ4v) is 3.57. The van der Waals surface area contributed by atoms with Gasteiger partial charge in [0.25, 0.3) is 0 Å². The van der Waals surface area contributed by atoms with Gasteiger partial charge in [0.2, 0.25) is 5.91 Å². The number of nitrogens with zero attached hydrogens (tertiary/aromatic N) is 1. The molecule has 29 heavy (non-hydrogen) atoms. The second kappa shape index (κ2) is 10.2. The highest BCUT2D eigenvalue weighted by Crippen LogP contribution is 2.27. The first-order valence-electron chi connectivity index (χ1n) is 9.85. The summed E-state index contributed by atoms with van der Waals surface area (Å²) in [5, 5.41) is 3.99. The molecule has 1 atom stereocenters. The summed E-state index contributed by atoms with van der Waals surface area (Å²) in [6.07, 6.45) is 0.816. The third-order valence-electron chi connectivity index (χ3n) is 4.98. The van der Waals surface area contributed by atoms with Crippen LogP contribution in [0.3, 0.4) is 0 Å². The summed E-state index contributed by atoms with van der Waals surface area (Å²) >= 11 is 6.06. The number of benzene rings is 3. The maximum absolute atomic E-state index is 13.5. The number of carbonyl (C=O) groups is 1. The molecule has 150 valence electrons. The predicted octanol–water partition coefficient (Wildman–Crippen LogP) is 5.28. The molecule has 1 N–H and O–H groups in total. The second-order valence-electron chi connectivity index (χ2n) is 7.46. The summed E-state index contributed by atoms with van der Waals surface area (Å²) in [6.45, 7) is 0.870. The molecule has 0 aromatic heterocycles. The highest BCUT2D eigenvalue weighted by molar-refractivity contribution is 6.30. The molecule has 0 heterocycles. The molecule has 0 spiro atoms. The van der Waals surface area contributed by atoms with Crippen LogP contribution in [-0.4, -0.2) is 31.4 Å². The number of carbonyl (C=O) groups excluding carboxylic acids is 1. The molecule has 3 aromatic carbocycles. The summed E-state index contributed by atoms with van der Waals surface area (Å²) in [4.78, 5) is 15.6. The number of hydrogen-bond donors (Lipinski definition) is 1. The van der Waals surface area contributed by atoms with E-state index in [1.54, 1.807) is 0 Å². The van der Waals surface area contributed by atoms with Crippen molar-refractivity contribution in [3.8, 4) is 0 Å². The monoisotopic (exact) mass is 406 g/mol. The standard InChI is InChI=1S/C25H27ClN2O/c1-28(2)18-17-23(19-13-15-22(26)16-14-19)27-25(29)24(20-9-5-3-6-10-20)21-11-7-4-8-12-21/h3-16,23-24H,17-18H2,1-2H3,(H,27,29). The van der Waals surface area contributed by atoms with Crippen LogP contribution in [0.1, 0.15) is 35.1 Å². The number of halogens is 1. The lowest BCUT2D eigenvalue weighted by Gasteiger charge is -2.25. The largest absolute Gasteiger partial charge is 0.348 e. The van der Waals surface area contributed by atoms with E-state index in [-0.39, 0.29) is 17.9 Å². The molecular weight excluding hydrogens is 380 g/mol. The quantitative estimate of drug-likeness (QED) is 0.551. The van der Waals surface area contributed by atoms with E-state index in [0.717, 1.165) is 29.7 Å². The van der Waals surface area contributed by atoms with Crippen LogP contribution in [-0.2, 0) is 4.79 Å². The van der Waals surface area contributed by atoms with Gasteiger partial charge >= 0.3 is 0 Å². The van der Waals surface area contributed by atoms with Crippen LogP contribution in [0.4, 0.5) is 0 Å². The first-order chi connectivity index (χ1) is 14.0. The van der Waals surface area contributed by atoms with Crippen LogP contribution in [0.2, 0.25) is 5.02 Å². The summed E-state index contributed by atoms with van der Waals surface area (Å²) in [5.41, 5.74) is 3.03. The maximum atomic E-state index is 13.5.